The van der Waals surface area contributed by atoms with E-state index in [9.17, 15) is 0 Å². The predicted octanol–water partition coefficient (Wildman–Crippen LogP) is 1.89. The van der Waals surface area contributed by atoms with E-state index in [2.05, 4.69) is 26.7 Å². The number of aliphatic imine (C=N–C) groups is 1. The number of hydrogen-bond acceptors (Lipinski definition) is 4. The number of pyridine rings is 1. The first kappa shape index (κ1) is 17.6. The second-order valence-corrected chi connectivity index (χ2v) is 5.43. The summed E-state index contributed by atoms with van der Waals surface area (Å²) in [6.45, 7) is 1.93. The van der Waals surface area contributed by atoms with Crippen molar-refractivity contribution in [2.45, 2.75) is 6.54 Å². The highest BCUT2D eigenvalue weighted by molar-refractivity contribution is 5.79. The van der Waals surface area contributed by atoms with Crippen LogP contribution in [-0.2, 0) is 6.54 Å². The molecule has 2 aromatic rings. The summed E-state index contributed by atoms with van der Waals surface area (Å²) in [4.78, 5) is 10.5. The van der Waals surface area contributed by atoms with Crippen molar-refractivity contribution in [2.24, 2.45) is 4.99 Å². The van der Waals surface area contributed by atoms with E-state index in [0.29, 0.717) is 19.7 Å². The van der Waals surface area contributed by atoms with Crippen molar-refractivity contribution in [1.29, 1.82) is 0 Å². The van der Waals surface area contributed by atoms with E-state index in [1.54, 1.807) is 7.05 Å². The monoisotopic (exact) mass is 327 g/mol. The highest BCUT2D eigenvalue weighted by Crippen LogP contribution is 2.09. The minimum Gasteiger partial charge on any atom is -0.492 e. The largest absolute Gasteiger partial charge is 0.492 e. The smallest absolute Gasteiger partial charge is 0.191 e. The fourth-order valence-electron chi connectivity index (χ4n) is 2.08. The third-order valence-electron chi connectivity index (χ3n) is 3.36. The molecule has 1 aromatic heterocycles. The van der Waals surface area contributed by atoms with Gasteiger partial charge >= 0.3 is 0 Å². The molecular formula is C18H25N5O. The van der Waals surface area contributed by atoms with Crippen LogP contribution in [0.5, 0.6) is 5.75 Å². The first-order valence-corrected chi connectivity index (χ1v) is 7.93. The van der Waals surface area contributed by atoms with Crippen molar-refractivity contribution in [3.05, 3.63) is 54.2 Å². The van der Waals surface area contributed by atoms with E-state index in [1.165, 1.54) is 0 Å². The Morgan fingerprint density at radius 2 is 1.96 bits per heavy atom. The van der Waals surface area contributed by atoms with Crippen LogP contribution in [0.2, 0.25) is 0 Å². The highest BCUT2D eigenvalue weighted by atomic mass is 16.5. The molecule has 0 bridgehead atoms. The lowest BCUT2D eigenvalue weighted by molar-refractivity contribution is 0.322. The number of nitrogens with one attached hydrogen (secondary N) is 2. The van der Waals surface area contributed by atoms with Crippen LogP contribution < -0.4 is 20.3 Å². The Morgan fingerprint density at radius 1 is 1.17 bits per heavy atom. The van der Waals surface area contributed by atoms with Gasteiger partial charge in [-0.3, -0.25) is 4.99 Å². The summed E-state index contributed by atoms with van der Waals surface area (Å²) in [5.74, 6) is 2.55. The third kappa shape index (κ3) is 5.79. The van der Waals surface area contributed by atoms with E-state index in [-0.39, 0.29) is 0 Å². The van der Waals surface area contributed by atoms with Crippen molar-refractivity contribution < 1.29 is 4.74 Å². The van der Waals surface area contributed by atoms with Crippen LogP contribution in [0.25, 0.3) is 0 Å². The molecule has 2 N–H and O–H groups in total. The van der Waals surface area contributed by atoms with Crippen LogP contribution >= 0.6 is 0 Å². The van der Waals surface area contributed by atoms with Gasteiger partial charge in [0.15, 0.2) is 5.96 Å². The Hall–Kier alpha value is -2.76. The fraction of sp³-hybridized carbons (Fsp3) is 0.333. The molecule has 0 amide bonds. The first-order chi connectivity index (χ1) is 11.7. The van der Waals surface area contributed by atoms with Gasteiger partial charge in [-0.25, -0.2) is 4.98 Å². The SMILES string of the molecule is CN=C(NCCOc1ccccc1)NCc1ccnc(N(C)C)c1. The molecule has 0 aliphatic carbocycles. The number of rotatable bonds is 7. The zero-order chi connectivity index (χ0) is 17.2. The molecule has 0 aliphatic rings. The van der Waals surface area contributed by atoms with Gasteiger partial charge in [-0.1, -0.05) is 18.2 Å². The quantitative estimate of drug-likeness (QED) is 0.462. The van der Waals surface area contributed by atoms with Gasteiger partial charge in [-0.15, -0.1) is 0 Å². The number of ether oxygens (including phenoxy) is 1. The van der Waals surface area contributed by atoms with Crippen molar-refractivity contribution >= 4 is 11.8 Å². The second kappa shape index (κ2) is 9.39. The minimum atomic E-state index is 0.574. The molecule has 1 heterocycles. The highest BCUT2D eigenvalue weighted by Gasteiger charge is 2.01. The maximum Gasteiger partial charge on any atom is 0.191 e. The molecule has 0 atom stereocenters. The van der Waals surface area contributed by atoms with Crippen molar-refractivity contribution in [2.75, 3.05) is 39.2 Å². The molecule has 0 aliphatic heterocycles. The zero-order valence-electron chi connectivity index (χ0n) is 14.5. The maximum absolute atomic E-state index is 5.65. The van der Waals surface area contributed by atoms with E-state index >= 15 is 0 Å². The molecule has 0 fully saturated rings. The number of guanidine groups is 1. The number of anilines is 1. The number of aromatic nitrogens is 1. The Balaban J connectivity index is 1.73. The van der Waals surface area contributed by atoms with Crippen LogP contribution in [0.3, 0.4) is 0 Å². The van der Waals surface area contributed by atoms with Gasteiger partial charge in [0.05, 0.1) is 6.54 Å². The van der Waals surface area contributed by atoms with Gasteiger partial charge in [0, 0.05) is 33.9 Å². The molecule has 24 heavy (non-hydrogen) atoms. The van der Waals surface area contributed by atoms with E-state index < -0.39 is 0 Å². The van der Waals surface area contributed by atoms with Gasteiger partial charge in [0.2, 0.25) is 0 Å². The molecule has 2 rings (SSSR count). The molecule has 0 saturated heterocycles. The van der Waals surface area contributed by atoms with Gasteiger partial charge in [0.25, 0.3) is 0 Å². The molecule has 0 spiro atoms. The fourth-order valence-corrected chi connectivity index (χ4v) is 2.08. The van der Waals surface area contributed by atoms with Crippen molar-refractivity contribution in [3.63, 3.8) is 0 Å². The van der Waals surface area contributed by atoms with Gasteiger partial charge in [-0.05, 0) is 29.8 Å². The summed E-state index contributed by atoms with van der Waals surface area (Å²) < 4.78 is 5.65. The van der Waals surface area contributed by atoms with Crippen LogP contribution in [0.15, 0.2) is 53.7 Å². The maximum atomic E-state index is 5.65. The van der Waals surface area contributed by atoms with Crippen molar-refractivity contribution in [1.82, 2.24) is 15.6 Å². The lowest BCUT2D eigenvalue weighted by Crippen LogP contribution is -2.38. The molecule has 128 valence electrons. The third-order valence-corrected chi connectivity index (χ3v) is 3.36. The van der Waals surface area contributed by atoms with Gasteiger partial charge < -0.3 is 20.3 Å². The van der Waals surface area contributed by atoms with Crippen molar-refractivity contribution in [3.8, 4) is 5.75 Å². The number of hydrogen-bond donors (Lipinski definition) is 2. The number of benzene rings is 1. The Kier molecular flexibility index (Phi) is 6.89. The summed E-state index contributed by atoms with van der Waals surface area (Å²) in [6.07, 6.45) is 1.82. The van der Waals surface area contributed by atoms with Crippen LogP contribution in [-0.4, -0.2) is 45.2 Å². The topological polar surface area (TPSA) is 61.8 Å². The summed E-state index contributed by atoms with van der Waals surface area (Å²) >= 11 is 0. The number of nitrogens with zero attached hydrogens (tertiary/aromatic N) is 3. The summed E-state index contributed by atoms with van der Waals surface area (Å²) in [5, 5.41) is 6.52. The summed E-state index contributed by atoms with van der Waals surface area (Å²) in [7, 11) is 5.71. The Morgan fingerprint density at radius 3 is 2.67 bits per heavy atom. The molecule has 6 nitrogen and oxygen atoms in total. The molecule has 0 saturated carbocycles. The second-order valence-electron chi connectivity index (χ2n) is 5.43. The summed E-state index contributed by atoms with van der Waals surface area (Å²) in [5.41, 5.74) is 1.15. The minimum absolute atomic E-state index is 0.574. The van der Waals surface area contributed by atoms with E-state index in [4.69, 9.17) is 4.74 Å². The van der Waals surface area contributed by atoms with Gasteiger partial charge in [-0.2, -0.15) is 0 Å². The average Bonchev–Trinajstić information content (AvgIpc) is 2.62. The molecular weight excluding hydrogens is 302 g/mol. The predicted molar refractivity (Wildman–Crippen MR) is 98.7 cm³/mol. The van der Waals surface area contributed by atoms with E-state index in [1.807, 2.05) is 61.6 Å². The molecule has 0 radical (unpaired) electrons. The average molecular weight is 327 g/mol. The number of para-hydroxylation sites is 1. The van der Waals surface area contributed by atoms with Crippen LogP contribution in [0.1, 0.15) is 5.56 Å². The van der Waals surface area contributed by atoms with Gasteiger partial charge in [0.1, 0.15) is 18.2 Å². The molecule has 0 unspecified atom stereocenters. The zero-order valence-corrected chi connectivity index (χ0v) is 14.5. The summed E-state index contributed by atoms with van der Waals surface area (Å²) in [6, 6.07) is 13.8. The lowest BCUT2D eigenvalue weighted by Gasteiger charge is -2.14. The van der Waals surface area contributed by atoms with Crippen LogP contribution in [0.4, 0.5) is 5.82 Å². The van der Waals surface area contributed by atoms with Crippen LogP contribution in [0, 0.1) is 0 Å². The Bertz CT molecular complexity index is 643. The Labute approximate surface area is 143 Å². The lowest BCUT2D eigenvalue weighted by atomic mass is 10.2. The molecule has 1 aromatic carbocycles. The van der Waals surface area contributed by atoms with E-state index in [0.717, 1.165) is 23.1 Å². The normalized spacial score (nSPS) is 11.0. The first-order valence-electron chi connectivity index (χ1n) is 7.93. The standard InChI is InChI=1S/C18H25N5O/c1-19-18(21-11-12-24-16-7-5-4-6-8-16)22-14-15-9-10-20-17(13-15)23(2)3/h4-10,13H,11-12,14H2,1-3H3,(H2,19,21,22). The molecule has 6 heteroatoms.